The number of hydrogen-bond acceptors (Lipinski definition) is 5. The molecular weight excluding hydrogens is 368 g/mol. The van der Waals surface area contributed by atoms with Crippen molar-refractivity contribution in [1.82, 2.24) is 10.2 Å². The van der Waals surface area contributed by atoms with E-state index in [9.17, 15) is 19.2 Å². The Bertz CT molecular complexity index is 749. The van der Waals surface area contributed by atoms with Crippen LogP contribution in [0.1, 0.15) is 31.9 Å². The van der Waals surface area contributed by atoms with Crippen LogP contribution in [-0.2, 0) is 32.1 Å². The molecule has 0 bridgehead atoms. The maximum atomic E-state index is 12.9. The molecule has 27 heavy (non-hydrogen) atoms. The molecule has 8 heteroatoms. The molecule has 146 valence electrons. The molecule has 0 spiro atoms. The molecule has 1 heterocycles. The van der Waals surface area contributed by atoms with Crippen molar-refractivity contribution in [3.8, 4) is 0 Å². The predicted octanol–water partition coefficient (Wildman–Crippen LogP) is 1.44. The van der Waals surface area contributed by atoms with Crippen LogP contribution >= 0.6 is 11.8 Å². The van der Waals surface area contributed by atoms with E-state index in [2.05, 4.69) is 5.32 Å². The lowest BCUT2D eigenvalue weighted by Crippen LogP contribution is -2.51. The highest BCUT2D eigenvalue weighted by Crippen LogP contribution is 2.23. The van der Waals surface area contributed by atoms with Crippen LogP contribution in [0.3, 0.4) is 0 Å². The molecule has 2 amide bonds. The number of carboxylic acids is 1. The van der Waals surface area contributed by atoms with Gasteiger partial charge >= 0.3 is 5.97 Å². The maximum Gasteiger partial charge on any atom is 0.323 e. The average Bonchev–Trinajstić information content (AvgIpc) is 2.69. The van der Waals surface area contributed by atoms with Crippen molar-refractivity contribution in [2.45, 2.75) is 45.0 Å². The molecule has 0 aliphatic carbocycles. The summed E-state index contributed by atoms with van der Waals surface area (Å²) < 4.78 is 0. The molecule has 0 aromatic heterocycles. The van der Waals surface area contributed by atoms with Crippen molar-refractivity contribution >= 4 is 34.7 Å². The Morgan fingerprint density at radius 1 is 1.26 bits per heavy atom. The highest BCUT2D eigenvalue weighted by atomic mass is 32.2. The van der Waals surface area contributed by atoms with E-state index in [0.29, 0.717) is 0 Å². The number of nitrogens with one attached hydrogen (secondary N) is 1. The van der Waals surface area contributed by atoms with Gasteiger partial charge < -0.3 is 15.3 Å². The molecule has 1 aromatic rings. The number of aliphatic carboxylic acids is 1. The van der Waals surface area contributed by atoms with Crippen LogP contribution in [-0.4, -0.2) is 50.7 Å². The predicted molar refractivity (Wildman–Crippen MR) is 102 cm³/mol. The smallest absolute Gasteiger partial charge is 0.323 e. The maximum absolute atomic E-state index is 12.9. The van der Waals surface area contributed by atoms with Crippen LogP contribution in [0.2, 0.25) is 0 Å². The summed E-state index contributed by atoms with van der Waals surface area (Å²) >= 11 is 0.938. The molecule has 0 unspecified atom stereocenters. The van der Waals surface area contributed by atoms with Crippen molar-refractivity contribution in [2.75, 3.05) is 6.54 Å². The lowest BCUT2D eigenvalue weighted by Gasteiger charge is -2.26. The fourth-order valence-electron chi connectivity index (χ4n) is 3.06. The number of hydrogen-bond donors (Lipinski definition) is 2. The Morgan fingerprint density at radius 3 is 2.44 bits per heavy atom. The van der Waals surface area contributed by atoms with Gasteiger partial charge in [-0.05, 0) is 17.0 Å². The third-order valence-corrected chi connectivity index (χ3v) is 5.66. The summed E-state index contributed by atoms with van der Waals surface area (Å²) in [5, 5.41) is 11.1. The van der Waals surface area contributed by atoms with Crippen molar-refractivity contribution in [3.05, 3.63) is 35.4 Å². The van der Waals surface area contributed by atoms with Crippen LogP contribution in [0.15, 0.2) is 24.3 Å². The lowest BCUT2D eigenvalue weighted by atomic mass is 10.0. The van der Waals surface area contributed by atoms with E-state index < -0.39 is 35.6 Å². The summed E-state index contributed by atoms with van der Waals surface area (Å²) in [6, 6.07) is 6.53. The van der Waals surface area contributed by atoms with Crippen molar-refractivity contribution in [2.24, 2.45) is 5.92 Å². The van der Waals surface area contributed by atoms with Crippen LogP contribution in [0.25, 0.3) is 0 Å². The Labute approximate surface area is 162 Å². The van der Waals surface area contributed by atoms with E-state index in [4.69, 9.17) is 5.11 Å². The Morgan fingerprint density at radius 2 is 1.89 bits per heavy atom. The van der Waals surface area contributed by atoms with Gasteiger partial charge in [-0.2, -0.15) is 0 Å². The third kappa shape index (κ3) is 5.56. The van der Waals surface area contributed by atoms with E-state index in [0.717, 1.165) is 22.9 Å². The first-order chi connectivity index (χ1) is 12.7. The number of nitrogens with zero attached hydrogens (tertiary/aromatic N) is 1. The Hall–Kier alpha value is -2.35. The fraction of sp³-hybridized carbons (Fsp3) is 0.474. The fourth-order valence-corrected chi connectivity index (χ4v) is 3.86. The second-order valence-corrected chi connectivity index (χ2v) is 8.21. The first-order valence-corrected chi connectivity index (χ1v) is 9.62. The van der Waals surface area contributed by atoms with Gasteiger partial charge in [-0.3, -0.25) is 19.2 Å². The number of fused-ring (bicyclic) bond motifs is 1. The quantitative estimate of drug-likeness (QED) is 0.759. The molecule has 0 saturated heterocycles. The van der Waals surface area contributed by atoms with E-state index >= 15 is 0 Å². The highest BCUT2D eigenvalue weighted by Gasteiger charge is 2.34. The SMILES string of the molecule is CC(=O)S[C@H](C(=O)N[C@H]1Cc2ccccc2CN(CC(=O)O)C1=O)C(C)C. The molecular formula is C19H24N2O5S. The molecule has 0 radical (unpaired) electrons. The molecule has 2 N–H and O–H groups in total. The number of rotatable bonds is 6. The van der Waals surface area contributed by atoms with Gasteiger partial charge in [-0.15, -0.1) is 0 Å². The molecule has 1 aliphatic heterocycles. The van der Waals surface area contributed by atoms with Crippen molar-refractivity contribution in [3.63, 3.8) is 0 Å². The van der Waals surface area contributed by atoms with E-state index in [1.165, 1.54) is 11.8 Å². The van der Waals surface area contributed by atoms with E-state index in [1.54, 1.807) is 0 Å². The Balaban J connectivity index is 2.27. The average molecular weight is 392 g/mol. The van der Waals surface area contributed by atoms with Crippen LogP contribution in [0, 0.1) is 5.92 Å². The van der Waals surface area contributed by atoms with Crippen molar-refractivity contribution in [1.29, 1.82) is 0 Å². The number of amides is 2. The summed E-state index contributed by atoms with van der Waals surface area (Å²) in [4.78, 5) is 49.4. The zero-order valence-corrected chi connectivity index (χ0v) is 16.4. The van der Waals surface area contributed by atoms with E-state index in [-0.39, 0.29) is 24.0 Å². The molecule has 2 atom stereocenters. The standard InChI is InChI=1S/C19H24N2O5S/c1-11(2)17(27-12(3)22)18(25)20-15-8-13-6-4-5-7-14(13)9-21(19(15)26)10-16(23)24/h4-7,11,15,17H,8-10H2,1-3H3,(H,20,25)(H,23,24)/t15-,17-/m0/s1. The zero-order chi connectivity index (χ0) is 20.1. The minimum absolute atomic E-state index is 0.0952. The van der Waals surface area contributed by atoms with Gasteiger partial charge in [0.2, 0.25) is 11.8 Å². The minimum atomic E-state index is -1.11. The molecule has 1 aliphatic rings. The van der Waals surface area contributed by atoms with Crippen LogP contribution < -0.4 is 5.32 Å². The summed E-state index contributed by atoms with van der Waals surface area (Å²) in [6.45, 7) is 4.82. The number of carbonyl (C=O) groups is 4. The zero-order valence-electron chi connectivity index (χ0n) is 15.6. The van der Waals surface area contributed by atoms with Gasteiger partial charge in [0, 0.05) is 19.9 Å². The number of thioether (sulfide) groups is 1. The summed E-state index contributed by atoms with van der Waals surface area (Å²) in [5.41, 5.74) is 1.76. The molecule has 0 fully saturated rings. The van der Waals surface area contributed by atoms with Gasteiger partial charge in [0.25, 0.3) is 0 Å². The first kappa shape index (κ1) is 21.0. The monoisotopic (exact) mass is 392 g/mol. The largest absolute Gasteiger partial charge is 0.480 e. The summed E-state index contributed by atoms with van der Waals surface area (Å²) in [6.07, 6.45) is 0.284. The minimum Gasteiger partial charge on any atom is -0.480 e. The van der Waals surface area contributed by atoms with E-state index in [1.807, 2.05) is 38.1 Å². The molecule has 2 rings (SSSR count). The second kappa shape index (κ2) is 9.03. The molecule has 7 nitrogen and oxygen atoms in total. The highest BCUT2D eigenvalue weighted by molar-refractivity contribution is 8.14. The lowest BCUT2D eigenvalue weighted by molar-refractivity contribution is -0.146. The second-order valence-electron chi connectivity index (χ2n) is 6.90. The normalized spacial score (nSPS) is 17.9. The first-order valence-electron chi connectivity index (χ1n) is 8.74. The summed E-state index contributed by atoms with van der Waals surface area (Å²) in [5.74, 6) is -2.03. The summed E-state index contributed by atoms with van der Waals surface area (Å²) in [7, 11) is 0. The van der Waals surface area contributed by atoms with Gasteiger partial charge in [0.05, 0.1) is 5.25 Å². The Kier molecular flexibility index (Phi) is 7.01. The number of carbonyl (C=O) groups excluding carboxylic acids is 3. The van der Waals surface area contributed by atoms with Gasteiger partial charge in [-0.1, -0.05) is 49.9 Å². The van der Waals surface area contributed by atoms with Crippen LogP contribution in [0.4, 0.5) is 0 Å². The number of carboxylic acid groups (broad SMARTS) is 1. The van der Waals surface area contributed by atoms with Gasteiger partial charge in [-0.25, -0.2) is 0 Å². The van der Waals surface area contributed by atoms with Crippen LogP contribution in [0.5, 0.6) is 0 Å². The topological polar surface area (TPSA) is 104 Å². The van der Waals surface area contributed by atoms with Crippen molar-refractivity contribution < 1.29 is 24.3 Å². The number of benzene rings is 1. The van der Waals surface area contributed by atoms with Gasteiger partial charge in [0.1, 0.15) is 12.6 Å². The molecule has 1 aromatic carbocycles. The molecule has 0 saturated carbocycles. The van der Waals surface area contributed by atoms with Gasteiger partial charge in [0.15, 0.2) is 5.12 Å². The third-order valence-electron chi connectivity index (χ3n) is 4.31.